The molecule has 0 atom stereocenters. The number of rotatable bonds is 4. The van der Waals surface area contributed by atoms with Gasteiger partial charge in [-0.15, -0.1) is 0 Å². The molecule has 2 heterocycles. The van der Waals surface area contributed by atoms with Gasteiger partial charge < -0.3 is 0 Å². The van der Waals surface area contributed by atoms with Gasteiger partial charge in [0.2, 0.25) is 0 Å². The summed E-state index contributed by atoms with van der Waals surface area (Å²) in [5, 5.41) is 11.8. The van der Waals surface area contributed by atoms with E-state index < -0.39 is 4.92 Å². The summed E-state index contributed by atoms with van der Waals surface area (Å²) in [6.45, 7) is 2.29. The van der Waals surface area contributed by atoms with Crippen LogP contribution in [0.4, 0.5) is 11.4 Å². The topological polar surface area (TPSA) is 88.7 Å². The highest BCUT2D eigenvalue weighted by Gasteiger charge is 2.32. The van der Waals surface area contributed by atoms with Crippen molar-refractivity contribution < 1.29 is 9.72 Å². The number of halogens is 1. The zero-order valence-electron chi connectivity index (χ0n) is 13.6. The fourth-order valence-corrected chi connectivity index (χ4v) is 3.53. The van der Waals surface area contributed by atoms with E-state index in [1.165, 1.54) is 35.0 Å². The first-order valence-corrected chi connectivity index (χ1v) is 8.83. The Balaban J connectivity index is 1.96. The number of nitrogens with zero attached hydrogens (tertiary/aromatic N) is 4. The first-order chi connectivity index (χ1) is 12.5. The molecular weight excluding hydrogens is 376 g/mol. The average molecular weight is 389 g/mol. The lowest BCUT2D eigenvalue weighted by atomic mass is 10.2. The van der Waals surface area contributed by atoms with E-state index in [0.717, 1.165) is 0 Å². The molecule has 7 nitrogen and oxygen atoms in total. The van der Waals surface area contributed by atoms with E-state index in [1.807, 2.05) is 6.92 Å². The van der Waals surface area contributed by atoms with Gasteiger partial charge in [0.1, 0.15) is 0 Å². The maximum atomic E-state index is 12.6. The van der Waals surface area contributed by atoms with Gasteiger partial charge in [-0.3, -0.25) is 24.8 Å². The molecule has 3 rings (SSSR count). The highest BCUT2D eigenvalue weighted by Crippen LogP contribution is 2.35. The predicted octanol–water partition coefficient (Wildman–Crippen LogP) is 4.27. The summed E-state index contributed by atoms with van der Waals surface area (Å²) in [7, 11) is 0. The van der Waals surface area contributed by atoms with Crippen molar-refractivity contribution in [1.82, 2.24) is 9.88 Å². The van der Waals surface area contributed by atoms with E-state index in [1.54, 1.807) is 30.5 Å². The second kappa shape index (κ2) is 7.67. The molecule has 26 heavy (non-hydrogen) atoms. The molecule has 9 heteroatoms. The Morgan fingerprint density at radius 1 is 1.42 bits per heavy atom. The van der Waals surface area contributed by atoms with Crippen LogP contribution in [0, 0.1) is 10.1 Å². The van der Waals surface area contributed by atoms with Crippen LogP contribution in [0.1, 0.15) is 12.5 Å². The highest BCUT2D eigenvalue weighted by molar-refractivity contribution is 8.18. The number of amides is 1. The summed E-state index contributed by atoms with van der Waals surface area (Å²) in [6.07, 6.45) is 4.68. The number of amidine groups is 1. The average Bonchev–Trinajstić information content (AvgIpc) is 2.92. The molecule has 1 aromatic heterocycles. The second-order valence-electron chi connectivity index (χ2n) is 5.23. The Morgan fingerprint density at radius 3 is 2.92 bits per heavy atom. The van der Waals surface area contributed by atoms with Crippen LogP contribution in [0.2, 0.25) is 5.02 Å². The minimum Gasteiger partial charge on any atom is -0.287 e. The number of carbonyl (C=O) groups excluding carboxylic acids is 1. The zero-order valence-corrected chi connectivity index (χ0v) is 15.2. The Labute approximate surface area is 158 Å². The SMILES string of the molecule is CCN1C(=O)/C(=C/c2cccc([N+](=O)[O-])c2)SC1=Nc1ccncc1Cl. The number of hydrogen-bond acceptors (Lipinski definition) is 6. The van der Waals surface area contributed by atoms with Crippen LogP contribution < -0.4 is 0 Å². The number of hydrogen-bond donors (Lipinski definition) is 0. The Bertz CT molecular complexity index is 945. The van der Waals surface area contributed by atoms with Crippen LogP contribution in [0.5, 0.6) is 0 Å². The molecule has 0 N–H and O–H groups in total. The van der Waals surface area contributed by atoms with Gasteiger partial charge >= 0.3 is 0 Å². The zero-order chi connectivity index (χ0) is 18.7. The summed E-state index contributed by atoms with van der Waals surface area (Å²) in [5.74, 6) is -0.201. The first-order valence-electron chi connectivity index (χ1n) is 7.63. The van der Waals surface area contributed by atoms with Gasteiger partial charge in [-0.25, -0.2) is 4.99 Å². The van der Waals surface area contributed by atoms with Crippen LogP contribution in [-0.4, -0.2) is 32.4 Å². The van der Waals surface area contributed by atoms with Gasteiger partial charge in [-0.2, -0.15) is 0 Å². The number of aromatic nitrogens is 1. The summed E-state index contributed by atoms with van der Waals surface area (Å²) in [4.78, 5) is 33.4. The molecule has 2 aromatic rings. The highest BCUT2D eigenvalue weighted by atomic mass is 35.5. The third-order valence-corrected chi connectivity index (χ3v) is 4.85. The largest absolute Gasteiger partial charge is 0.287 e. The van der Waals surface area contributed by atoms with Crippen LogP contribution >= 0.6 is 23.4 Å². The van der Waals surface area contributed by atoms with Crippen molar-refractivity contribution in [3.63, 3.8) is 0 Å². The Kier molecular flexibility index (Phi) is 5.34. The smallest absolute Gasteiger partial charge is 0.270 e. The van der Waals surface area contributed by atoms with Crippen molar-refractivity contribution in [3.8, 4) is 0 Å². The normalized spacial score (nSPS) is 17.3. The van der Waals surface area contributed by atoms with E-state index in [2.05, 4.69) is 9.98 Å². The quantitative estimate of drug-likeness (QED) is 0.443. The molecule has 1 aliphatic heterocycles. The summed E-state index contributed by atoms with van der Waals surface area (Å²) < 4.78 is 0. The summed E-state index contributed by atoms with van der Waals surface area (Å²) in [5.41, 5.74) is 1.07. The van der Waals surface area contributed by atoms with Gasteiger partial charge in [0.15, 0.2) is 5.17 Å². The van der Waals surface area contributed by atoms with Crippen molar-refractivity contribution in [2.45, 2.75) is 6.92 Å². The molecule has 1 saturated heterocycles. The molecule has 1 aromatic carbocycles. The van der Waals surface area contributed by atoms with E-state index in [9.17, 15) is 14.9 Å². The predicted molar refractivity (Wildman–Crippen MR) is 102 cm³/mol. The van der Waals surface area contributed by atoms with E-state index in [0.29, 0.717) is 32.9 Å². The molecule has 0 aliphatic carbocycles. The third kappa shape index (κ3) is 3.76. The number of nitro benzene ring substituents is 1. The van der Waals surface area contributed by atoms with Gasteiger partial charge in [-0.1, -0.05) is 23.7 Å². The molecule has 0 spiro atoms. The maximum Gasteiger partial charge on any atom is 0.270 e. The number of pyridine rings is 1. The monoisotopic (exact) mass is 388 g/mol. The van der Waals surface area contributed by atoms with Crippen LogP contribution in [0.15, 0.2) is 52.6 Å². The van der Waals surface area contributed by atoms with E-state index in [4.69, 9.17) is 11.6 Å². The second-order valence-corrected chi connectivity index (χ2v) is 6.65. The van der Waals surface area contributed by atoms with Crippen molar-refractivity contribution in [3.05, 3.63) is 68.3 Å². The van der Waals surface area contributed by atoms with Gasteiger partial charge in [-0.05, 0) is 36.4 Å². The molecule has 0 bridgehead atoms. The van der Waals surface area contributed by atoms with Crippen LogP contribution in [0.25, 0.3) is 6.08 Å². The number of aliphatic imine (C=N–C) groups is 1. The molecule has 0 unspecified atom stereocenters. The number of nitro groups is 1. The van der Waals surface area contributed by atoms with Gasteiger partial charge in [0, 0.05) is 31.1 Å². The number of non-ortho nitro benzene ring substituents is 1. The van der Waals surface area contributed by atoms with Crippen LogP contribution in [0.3, 0.4) is 0 Å². The van der Waals surface area contributed by atoms with Crippen LogP contribution in [-0.2, 0) is 4.79 Å². The third-order valence-electron chi connectivity index (χ3n) is 3.55. The number of benzene rings is 1. The lowest BCUT2D eigenvalue weighted by Crippen LogP contribution is -2.28. The number of likely N-dealkylation sites (N-methyl/N-ethyl adjacent to an activating group) is 1. The molecule has 0 saturated carbocycles. The number of carbonyl (C=O) groups is 1. The molecule has 132 valence electrons. The molecule has 1 amide bonds. The lowest BCUT2D eigenvalue weighted by molar-refractivity contribution is -0.384. The van der Waals surface area contributed by atoms with Crippen molar-refractivity contribution in [1.29, 1.82) is 0 Å². The standard InChI is InChI=1S/C17H13ClN4O3S/c1-2-21-16(23)15(9-11-4-3-5-12(8-11)22(24)25)26-17(21)20-14-6-7-19-10-13(14)18/h3-10H,2H2,1H3/b15-9-,20-17?. The van der Waals surface area contributed by atoms with Gasteiger partial charge in [0.05, 0.1) is 20.5 Å². The Hall–Kier alpha value is -2.71. The lowest BCUT2D eigenvalue weighted by Gasteiger charge is -2.12. The minimum absolute atomic E-state index is 0.0281. The van der Waals surface area contributed by atoms with E-state index in [-0.39, 0.29) is 11.6 Å². The molecule has 1 aliphatic rings. The van der Waals surface area contributed by atoms with Gasteiger partial charge in [0.25, 0.3) is 11.6 Å². The van der Waals surface area contributed by atoms with Crippen molar-refractivity contribution >= 4 is 51.9 Å². The molecule has 1 fully saturated rings. The fourth-order valence-electron chi connectivity index (χ4n) is 2.31. The fraction of sp³-hybridized carbons (Fsp3) is 0.118. The van der Waals surface area contributed by atoms with Crippen molar-refractivity contribution in [2.75, 3.05) is 6.54 Å². The minimum atomic E-state index is -0.470. The summed E-state index contributed by atoms with van der Waals surface area (Å²) in [6, 6.07) is 7.78. The molecular formula is C17H13ClN4O3S. The molecule has 0 radical (unpaired) electrons. The van der Waals surface area contributed by atoms with E-state index >= 15 is 0 Å². The maximum absolute atomic E-state index is 12.6. The summed E-state index contributed by atoms with van der Waals surface area (Å²) >= 11 is 7.29. The van der Waals surface area contributed by atoms with Crippen molar-refractivity contribution in [2.24, 2.45) is 4.99 Å². The Morgan fingerprint density at radius 2 is 2.23 bits per heavy atom. The first kappa shape index (κ1) is 18.1. The number of thioether (sulfide) groups is 1.